The van der Waals surface area contributed by atoms with Gasteiger partial charge in [0.25, 0.3) is 5.91 Å². The second kappa shape index (κ2) is 7.17. The molecule has 1 atom stereocenters. The molecule has 1 saturated heterocycles. The number of fused-ring (bicyclic) bond motifs is 2. The number of nitrogens with two attached hydrogens (primary N) is 1. The van der Waals surface area contributed by atoms with Crippen LogP contribution in [0.15, 0.2) is 43.0 Å². The number of rotatable bonds is 3. The fourth-order valence-corrected chi connectivity index (χ4v) is 4.14. The Hall–Kier alpha value is -2.90. The summed E-state index contributed by atoms with van der Waals surface area (Å²) in [5.41, 5.74) is 6.00. The van der Waals surface area contributed by atoms with Gasteiger partial charge in [0.15, 0.2) is 0 Å². The van der Waals surface area contributed by atoms with Crippen molar-refractivity contribution in [1.29, 1.82) is 0 Å². The first kappa shape index (κ1) is 19.4. The summed E-state index contributed by atoms with van der Waals surface area (Å²) >= 11 is 6.39. The predicted molar refractivity (Wildman–Crippen MR) is 105 cm³/mol. The Morgan fingerprint density at radius 2 is 2.07 bits per heavy atom. The Kier molecular flexibility index (Phi) is 4.80. The van der Waals surface area contributed by atoms with Crippen molar-refractivity contribution in [2.45, 2.75) is 5.54 Å². The highest BCUT2D eigenvalue weighted by Crippen LogP contribution is 2.49. The van der Waals surface area contributed by atoms with Gasteiger partial charge < -0.3 is 20.1 Å². The number of hydrogen-bond donors (Lipinski definition) is 1. The number of primary amides is 1. The monoisotopic (exact) mass is 416 g/mol. The molecule has 4 rings (SSSR count). The summed E-state index contributed by atoms with van der Waals surface area (Å²) in [6, 6.07) is 7.46. The van der Waals surface area contributed by atoms with Gasteiger partial charge in [-0.25, -0.2) is 4.39 Å². The van der Waals surface area contributed by atoms with E-state index in [4.69, 9.17) is 26.8 Å². The summed E-state index contributed by atoms with van der Waals surface area (Å²) in [4.78, 5) is 25.7. The molecule has 0 saturated carbocycles. The van der Waals surface area contributed by atoms with Crippen LogP contribution in [0.4, 0.5) is 4.39 Å². The molecule has 1 fully saturated rings. The van der Waals surface area contributed by atoms with Gasteiger partial charge in [-0.15, -0.1) is 0 Å². The van der Waals surface area contributed by atoms with Crippen LogP contribution in [-0.2, 0) is 15.1 Å². The molecular formula is C21H18ClFN2O4. The second-order valence-corrected chi connectivity index (χ2v) is 7.39. The molecule has 29 heavy (non-hydrogen) atoms. The van der Waals surface area contributed by atoms with Crippen molar-refractivity contribution in [3.63, 3.8) is 0 Å². The van der Waals surface area contributed by atoms with E-state index in [0.29, 0.717) is 40.6 Å². The van der Waals surface area contributed by atoms with Crippen LogP contribution in [0.5, 0.6) is 5.75 Å². The summed E-state index contributed by atoms with van der Waals surface area (Å²) < 4.78 is 25.6. The number of carbonyl (C=O) groups is 2. The maximum atomic E-state index is 13.9. The van der Waals surface area contributed by atoms with Crippen molar-refractivity contribution in [1.82, 2.24) is 4.90 Å². The van der Waals surface area contributed by atoms with Crippen molar-refractivity contribution in [2.75, 3.05) is 26.4 Å². The summed E-state index contributed by atoms with van der Waals surface area (Å²) in [7, 11) is 0. The molecule has 1 unspecified atom stereocenters. The largest absolute Gasteiger partial charge is 0.490 e. The van der Waals surface area contributed by atoms with Crippen LogP contribution >= 0.6 is 11.6 Å². The minimum Gasteiger partial charge on any atom is -0.490 e. The molecule has 0 aromatic heterocycles. The van der Waals surface area contributed by atoms with Crippen LogP contribution in [0, 0.1) is 5.82 Å². The fourth-order valence-electron chi connectivity index (χ4n) is 3.92. The number of halogens is 2. The molecule has 0 radical (unpaired) electrons. The minimum atomic E-state index is -0.871. The lowest BCUT2D eigenvalue weighted by atomic mass is 9.87. The molecule has 2 N–H and O–H groups in total. The highest BCUT2D eigenvalue weighted by atomic mass is 35.5. The van der Waals surface area contributed by atoms with E-state index in [1.807, 2.05) is 0 Å². The van der Waals surface area contributed by atoms with Crippen LogP contribution in [0.3, 0.4) is 0 Å². The number of ether oxygens (including phenoxy) is 2. The third-order valence-electron chi connectivity index (χ3n) is 5.31. The lowest BCUT2D eigenvalue weighted by Gasteiger charge is -2.43. The first-order valence-electron chi connectivity index (χ1n) is 8.96. The van der Waals surface area contributed by atoms with Gasteiger partial charge >= 0.3 is 0 Å². The van der Waals surface area contributed by atoms with Crippen LogP contribution in [0.2, 0.25) is 5.02 Å². The van der Waals surface area contributed by atoms with Crippen LogP contribution in [0.1, 0.15) is 15.9 Å². The van der Waals surface area contributed by atoms with E-state index in [0.717, 1.165) is 0 Å². The van der Waals surface area contributed by atoms with Crippen molar-refractivity contribution in [2.24, 2.45) is 5.73 Å². The standard InChI is InChI=1S/C21H18ClFN2O4/c1-2-18(26)25-5-6-28-10-21(25)11-29-19-14(8-13(22)9-16(19)21)12-3-4-17(23)15(7-12)20(24)27/h2-4,7-9H,1,5-6,10-11H2,(H2,24,27). The highest BCUT2D eigenvalue weighted by Gasteiger charge is 2.50. The SMILES string of the molecule is C=CC(=O)N1CCOCC12COc1c(-c3ccc(F)c(C(N)=O)c3)cc(Cl)cc12. The molecule has 2 aromatic rings. The average Bonchev–Trinajstić information content (AvgIpc) is 3.06. The van der Waals surface area contributed by atoms with Gasteiger partial charge in [-0.1, -0.05) is 24.2 Å². The molecule has 2 amide bonds. The maximum absolute atomic E-state index is 13.9. The molecule has 0 aliphatic carbocycles. The van der Waals surface area contributed by atoms with E-state index in [9.17, 15) is 14.0 Å². The van der Waals surface area contributed by atoms with E-state index in [1.165, 1.54) is 24.3 Å². The van der Waals surface area contributed by atoms with E-state index < -0.39 is 17.3 Å². The van der Waals surface area contributed by atoms with Gasteiger partial charge in [0, 0.05) is 22.7 Å². The molecule has 2 aliphatic rings. The van der Waals surface area contributed by atoms with Gasteiger partial charge in [0.2, 0.25) is 5.91 Å². The molecular weight excluding hydrogens is 399 g/mol. The van der Waals surface area contributed by atoms with Gasteiger partial charge in [-0.3, -0.25) is 9.59 Å². The fraction of sp³-hybridized carbons (Fsp3) is 0.238. The third kappa shape index (κ3) is 3.07. The first-order chi connectivity index (χ1) is 13.9. The van der Waals surface area contributed by atoms with Crippen molar-refractivity contribution >= 4 is 23.4 Å². The summed E-state index contributed by atoms with van der Waals surface area (Å²) in [6.45, 7) is 4.80. The number of nitrogens with zero attached hydrogens (tertiary/aromatic N) is 1. The van der Waals surface area contributed by atoms with Gasteiger partial charge in [-0.2, -0.15) is 0 Å². The van der Waals surface area contributed by atoms with E-state index in [1.54, 1.807) is 17.0 Å². The number of amides is 2. The summed E-state index contributed by atoms with van der Waals surface area (Å²) in [5, 5.41) is 0.408. The molecule has 2 aliphatic heterocycles. The zero-order chi connectivity index (χ0) is 20.8. The zero-order valence-electron chi connectivity index (χ0n) is 15.4. The summed E-state index contributed by atoms with van der Waals surface area (Å²) in [6.07, 6.45) is 1.26. The quantitative estimate of drug-likeness (QED) is 0.780. The second-order valence-electron chi connectivity index (χ2n) is 6.96. The Bertz CT molecular complexity index is 1040. The van der Waals surface area contributed by atoms with E-state index in [2.05, 4.69) is 6.58 Å². The molecule has 6 nitrogen and oxygen atoms in total. The number of morpholine rings is 1. The lowest BCUT2D eigenvalue weighted by molar-refractivity contribution is -0.146. The Morgan fingerprint density at radius 1 is 1.28 bits per heavy atom. The van der Waals surface area contributed by atoms with Crippen molar-refractivity contribution < 1.29 is 23.5 Å². The number of carbonyl (C=O) groups excluding carboxylic acids is 2. The van der Waals surface area contributed by atoms with Crippen molar-refractivity contribution in [3.05, 3.63) is 65.0 Å². The molecule has 2 heterocycles. The Balaban J connectivity index is 1.89. The number of hydrogen-bond acceptors (Lipinski definition) is 4. The predicted octanol–water partition coefficient (Wildman–Crippen LogP) is 2.88. The van der Waals surface area contributed by atoms with Gasteiger partial charge in [-0.05, 0) is 35.9 Å². The Morgan fingerprint density at radius 3 is 2.79 bits per heavy atom. The van der Waals surface area contributed by atoms with Crippen molar-refractivity contribution in [3.8, 4) is 16.9 Å². The third-order valence-corrected chi connectivity index (χ3v) is 5.53. The molecule has 8 heteroatoms. The number of benzene rings is 2. The van der Waals surface area contributed by atoms with Crippen LogP contribution in [0.25, 0.3) is 11.1 Å². The normalized spacial score (nSPS) is 20.3. The zero-order valence-corrected chi connectivity index (χ0v) is 16.2. The highest BCUT2D eigenvalue weighted by molar-refractivity contribution is 6.31. The van der Waals surface area contributed by atoms with Gasteiger partial charge in [0.1, 0.15) is 23.7 Å². The summed E-state index contributed by atoms with van der Waals surface area (Å²) in [5.74, 6) is -1.31. The van der Waals surface area contributed by atoms with E-state index >= 15 is 0 Å². The molecule has 150 valence electrons. The van der Waals surface area contributed by atoms with Gasteiger partial charge in [0.05, 0.1) is 18.8 Å². The van der Waals surface area contributed by atoms with Crippen LogP contribution < -0.4 is 10.5 Å². The Labute approximate surface area is 171 Å². The smallest absolute Gasteiger partial charge is 0.251 e. The maximum Gasteiger partial charge on any atom is 0.251 e. The molecule has 2 aromatic carbocycles. The minimum absolute atomic E-state index is 0.180. The van der Waals surface area contributed by atoms with E-state index in [-0.39, 0.29) is 24.7 Å². The molecule has 1 spiro atoms. The van der Waals surface area contributed by atoms with Crippen LogP contribution in [-0.4, -0.2) is 43.1 Å². The first-order valence-corrected chi connectivity index (χ1v) is 9.33. The molecule has 0 bridgehead atoms. The average molecular weight is 417 g/mol. The topological polar surface area (TPSA) is 81.9 Å². The lowest BCUT2D eigenvalue weighted by Crippen LogP contribution is -2.57.